The summed E-state index contributed by atoms with van der Waals surface area (Å²) in [5, 5.41) is 3.22. The average molecular weight is 249 g/mol. The standard InChI is InChI=1S/C14H17NO3/c1-2-7-15-14-5-3-12(4-6-14)8-13(9-16)10-18-11-17/h3-6,8-9,11,15H,2,7,10H2,1H3/b13-8+/i9D,11D. The first-order chi connectivity index (χ1) is 9.52. The molecule has 0 bridgehead atoms. The lowest BCUT2D eigenvalue weighted by Crippen LogP contribution is -1.99. The Kier molecular flexibility index (Phi) is 4.93. The Labute approximate surface area is 109 Å². The van der Waals surface area contributed by atoms with E-state index in [4.69, 9.17) is 2.74 Å². The predicted molar refractivity (Wildman–Crippen MR) is 71.3 cm³/mol. The van der Waals surface area contributed by atoms with Crippen molar-refractivity contribution in [2.24, 2.45) is 0 Å². The Balaban J connectivity index is 2.77. The van der Waals surface area contributed by atoms with E-state index in [2.05, 4.69) is 17.0 Å². The van der Waals surface area contributed by atoms with Gasteiger partial charge in [-0.05, 0) is 30.2 Å². The lowest BCUT2D eigenvalue weighted by molar-refractivity contribution is -0.127. The number of carbonyl (C=O) groups is 2. The molecule has 0 amide bonds. The summed E-state index contributed by atoms with van der Waals surface area (Å²) in [7, 11) is 0. The number of ether oxygens (including phenoxy) is 1. The molecule has 0 saturated carbocycles. The van der Waals surface area contributed by atoms with Gasteiger partial charge in [-0.3, -0.25) is 9.59 Å². The van der Waals surface area contributed by atoms with Crippen molar-refractivity contribution in [3.8, 4) is 0 Å². The van der Waals surface area contributed by atoms with Crippen LogP contribution in [0.4, 0.5) is 5.69 Å². The molecule has 0 saturated heterocycles. The van der Waals surface area contributed by atoms with Crippen LogP contribution in [0.5, 0.6) is 0 Å². The first kappa shape index (κ1) is 11.0. The minimum absolute atomic E-state index is 0.0277. The second-order valence-electron chi connectivity index (χ2n) is 3.69. The highest BCUT2D eigenvalue weighted by molar-refractivity contribution is 5.82. The normalized spacial score (nSPS) is 12.4. The number of hydrogen-bond donors (Lipinski definition) is 1. The van der Waals surface area contributed by atoms with Gasteiger partial charge in [0.15, 0.2) is 1.37 Å². The molecule has 0 aromatic heterocycles. The first-order valence-electron chi connectivity index (χ1n) is 6.71. The Bertz CT molecular complexity index is 498. The van der Waals surface area contributed by atoms with E-state index in [1.54, 1.807) is 12.1 Å². The molecule has 4 heteroatoms. The molecule has 18 heavy (non-hydrogen) atoms. The van der Waals surface area contributed by atoms with Gasteiger partial charge in [0, 0.05) is 17.8 Å². The number of carbonyl (C=O) groups excluding carboxylic acids is 2. The van der Waals surface area contributed by atoms with Crippen molar-refractivity contribution in [2.45, 2.75) is 13.3 Å². The third-order valence-corrected chi connectivity index (χ3v) is 2.25. The van der Waals surface area contributed by atoms with E-state index in [1.807, 2.05) is 12.1 Å². The van der Waals surface area contributed by atoms with Crippen molar-refractivity contribution in [1.29, 1.82) is 0 Å². The summed E-state index contributed by atoms with van der Waals surface area (Å²) in [5.41, 5.74) is 1.73. The fraction of sp³-hybridized carbons (Fsp3) is 0.286. The molecule has 1 N–H and O–H groups in total. The third-order valence-electron chi connectivity index (χ3n) is 2.25. The Morgan fingerprint density at radius 1 is 1.39 bits per heavy atom. The quantitative estimate of drug-likeness (QED) is 0.595. The molecule has 1 rings (SSSR count). The van der Waals surface area contributed by atoms with Crippen LogP contribution in [0.15, 0.2) is 29.8 Å². The number of nitrogens with one attached hydrogen (secondary N) is 1. The van der Waals surface area contributed by atoms with Gasteiger partial charge < -0.3 is 10.1 Å². The third kappa shape index (κ3) is 4.82. The molecule has 0 radical (unpaired) electrons. The van der Waals surface area contributed by atoms with E-state index in [0.717, 1.165) is 24.2 Å². The Morgan fingerprint density at radius 3 is 2.67 bits per heavy atom. The lowest BCUT2D eigenvalue weighted by atomic mass is 10.1. The molecule has 0 aliphatic carbocycles. The van der Waals surface area contributed by atoms with Crippen LogP contribution in [-0.2, 0) is 14.3 Å². The fourth-order valence-corrected chi connectivity index (χ4v) is 1.38. The summed E-state index contributed by atoms with van der Waals surface area (Å²) in [6, 6.07) is 7.32. The van der Waals surface area contributed by atoms with E-state index in [-0.39, 0.29) is 12.2 Å². The molecule has 0 spiro atoms. The van der Waals surface area contributed by atoms with Gasteiger partial charge in [0.1, 0.15) is 14.2 Å². The van der Waals surface area contributed by atoms with Crippen molar-refractivity contribution in [3.63, 3.8) is 0 Å². The largest absolute Gasteiger partial charge is 0.463 e. The number of aldehydes is 1. The molecular weight excluding hydrogens is 230 g/mol. The van der Waals surface area contributed by atoms with Gasteiger partial charge >= 0.3 is 0 Å². The van der Waals surface area contributed by atoms with E-state index < -0.39 is 12.7 Å². The molecular formula is C14H17NO3. The summed E-state index contributed by atoms with van der Waals surface area (Å²) in [4.78, 5) is 21.5. The summed E-state index contributed by atoms with van der Waals surface area (Å²) in [5.74, 6) is 0. The summed E-state index contributed by atoms with van der Waals surface area (Å²) in [6.45, 7) is 2.59. The van der Waals surface area contributed by atoms with Crippen LogP contribution in [0, 0.1) is 0 Å². The van der Waals surface area contributed by atoms with Gasteiger partial charge in [-0.1, -0.05) is 19.1 Å². The van der Waals surface area contributed by atoms with Crippen LogP contribution in [0.2, 0.25) is 0 Å². The number of rotatable bonds is 7. The average Bonchev–Trinajstić information content (AvgIpc) is 2.42. The number of hydrogen-bond acceptors (Lipinski definition) is 4. The molecule has 0 aliphatic heterocycles. The highest BCUT2D eigenvalue weighted by Crippen LogP contribution is 2.12. The zero-order valence-electron chi connectivity index (χ0n) is 12.2. The van der Waals surface area contributed by atoms with E-state index in [0.29, 0.717) is 0 Å². The SMILES string of the molecule is [2H]C(=O)OC/C(=C/c1ccc(NCCC)cc1)C([2H])=O. The Hall–Kier alpha value is -2.10. The van der Waals surface area contributed by atoms with Gasteiger partial charge in [-0.25, -0.2) is 0 Å². The maximum absolute atomic E-state index is 11.1. The first-order valence-corrected chi connectivity index (χ1v) is 5.71. The van der Waals surface area contributed by atoms with Crippen LogP contribution in [0.1, 0.15) is 21.6 Å². The van der Waals surface area contributed by atoms with Gasteiger partial charge in [-0.2, -0.15) is 0 Å². The van der Waals surface area contributed by atoms with Crippen LogP contribution >= 0.6 is 0 Å². The second-order valence-corrected chi connectivity index (χ2v) is 3.69. The maximum atomic E-state index is 11.1. The minimum atomic E-state index is -1.23. The van der Waals surface area contributed by atoms with E-state index >= 15 is 0 Å². The van der Waals surface area contributed by atoms with Crippen molar-refractivity contribution in [1.82, 2.24) is 0 Å². The van der Waals surface area contributed by atoms with Crippen LogP contribution < -0.4 is 5.32 Å². The zero-order chi connectivity index (χ0) is 15.0. The smallest absolute Gasteiger partial charge is 0.293 e. The number of benzene rings is 1. The molecule has 0 unspecified atom stereocenters. The molecule has 1 aromatic rings. The molecule has 0 atom stereocenters. The molecule has 0 fully saturated rings. The molecule has 4 nitrogen and oxygen atoms in total. The Morgan fingerprint density at radius 2 is 2.11 bits per heavy atom. The summed E-state index contributed by atoms with van der Waals surface area (Å²) >= 11 is 0. The topological polar surface area (TPSA) is 55.4 Å². The fourth-order valence-electron chi connectivity index (χ4n) is 1.38. The molecule has 0 heterocycles. The van der Waals surface area contributed by atoms with Gasteiger partial charge in [-0.15, -0.1) is 0 Å². The van der Waals surface area contributed by atoms with Crippen molar-refractivity contribution in [2.75, 3.05) is 18.5 Å². The number of anilines is 1. The van der Waals surface area contributed by atoms with Crippen molar-refractivity contribution < 1.29 is 17.1 Å². The monoisotopic (exact) mass is 249 g/mol. The predicted octanol–water partition coefficient (Wildman–Crippen LogP) is 2.26. The second kappa shape index (κ2) is 8.06. The van der Waals surface area contributed by atoms with Gasteiger partial charge in [0.25, 0.3) is 6.45 Å². The van der Waals surface area contributed by atoms with E-state index in [9.17, 15) is 9.59 Å². The molecule has 0 aliphatic rings. The van der Waals surface area contributed by atoms with Crippen LogP contribution in [-0.4, -0.2) is 25.9 Å². The zero-order valence-corrected chi connectivity index (χ0v) is 10.2. The van der Waals surface area contributed by atoms with E-state index in [1.165, 1.54) is 6.08 Å². The molecule has 1 aromatic carbocycles. The molecule has 96 valence electrons. The van der Waals surface area contributed by atoms with Crippen LogP contribution in [0.25, 0.3) is 6.08 Å². The lowest BCUT2D eigenvalue weighted by Gasteiger charge is -2.05. The van der Waals surface area contributed by atoms with Crippen LogP contribution in [0.3, 0.4) is 0 Å². The summed E-state index contributed by atoms with van der Waals surface area (Å²) < 4.78 is 18.1. The summed E-state index contributed by atoms with van der Waals surface area (Å²) in [6.07, 6.45) is 0.343. The minimum Gasteiger partial charge on any atom is -0.463 e. The highest BCUT2D eigenvalue weighted by atomic mass is 16.5. The van der Waals surface area contributed by atoms with Crippen molar-refractivity contribution in [3.05, 3.63) is 35.4 Å². The maximum Gasteiger partial charge on any atom is 0.293 e. The van der Waals surface area contributed by atoms with Gasteiger partial charge in [0.2, 0.25) is 0 Å². The van der Waals surface area contributed by atoms with Gasteiger partial charge in [0.05, 0.1) is 0 Å². The van der Waals surface area contributed by atoms with Crippen molar-refractivity contribution >= 4 is 24.5 Å². The highest BCUT2D eigenvalue weighted by Gasteiger charge is 1.97.